The first-order chi connectivity index (χ1) is 11.2. The number of hydrogen-bond donors (Lipinski definition) is 1. The van der Waals surface area contributed by atoms with Crippen LogP contribution in [-0.4, -0.2) is 18.0 Å². The van der Waals surface area contributed by atoms with Crippen LogP contribution >= 0.6 is 0 Å². The van der Waals surface area contributed by atoms with Crippen molar-refractivity contribution in [1.29, 1.82) is 0 Å². The molecular weight excluding hydrogens is 327 g/mol. The quantitative estimate of drug-likeness (QED) is 0.683. The van der Waals surface area contributed by atoms with Crippen LogP contribution in [0.15, 0.2) is 22.6 Å². The van der Waals surface area contributed by atoms with E-state index >= 15 is 0 Å². The number of anilines is 1. The molecule has 1 aromatic heterocycles. The van der Waals surface area contributed by atoms with Gasteiger partial charge in [0.25, 0.3) is 5.91 Å². The minimum atomic E-state index is -1.71. The number of nitrogens with one attached hydrogen (secondary N) is 1. The number of halogens is 3. The van der Waals surface area contributed by atoms with Crippen molar-refractivity contribution < 1.29 is 31.9 Å². The summed E-state index contributed by atoms with van der Waals surface area (Å²) in [5.74, 6) is -5.48. The van der Waals surface area contributed by atoms with Gasteiger partial charge in [-0.15, -0.1) is 0 Å². The van der Waals surface area contributed by atoms with Crippen molar-refractivity contribution in [2.45, 2.75) is 26.9 Å². The van der Waals surface area contributed by atoms with E-state index in [2.05, 4.69) is 0 Å². The summed E-state index contributed by atoms with van der Waals surface area (Å²) < 4.78 is 49.6. The molecule has 0 aliphatic heterocycles. The first kappa shape index (κ1) is 17.6. The van der Waals surface area contributed by atoms with Gasteiger partial charge in [-0.05, 0) is 39.0 Å². The largest absolute Gasteiger partial charge is 0.466 e. The zero-order valence-electron chi connectivity index (χ0n) is 13.1. The molecule has 0 saturated carbocycles. The lowest BCUT2D eigenvalue weighted by Gasteiger charge is -2.14. The summed E-state index contributed by atoms with van der Waals surface area (Å²) in [5, 5.41) is 2.03. The van der Waals surface area contributed by atoms with Crippen LogP contribution in [0.1, 0.15) is 28.8 Å². The van der Waals surface area contributed by atoms with Crippen molar-refractivity contribution in [3.8, 4) is 0 Å². The third-order valence-electron chi connectivity index (χ3n) is 3.21. The van der Waals surface area contributed by atoms with Gasteiger partial charge in [-0.1, -0.05) is 0 Å². The molecule has 128 valence electrons. The number of furan rings is 1. The Morgan fingerprint density at radius 2 is 1.83 bits per heavy atom. The number of carbonyl (C=O) groups is 2. The van der Waals surface area contributed by atoms with Crippen molar-refractivity contribution in [1.82, 2.24) is 0 Å². The Balaban J connectivity index is 2.06. The third-order valence-corrected chi connectivity index (χ3v) is 3.21. The predicted octanol–water partition coefficient (Wildman–Crippen LogP) is 3.50. The maximum absolute atomic E-state index is 13.5. The van der Waals surface area contributed by atoms with Crippen LogP contribution in [0, 0.1) is 31.3 Å². The lowest BCUT2D eigenvalue weighted by Crippen LogP contribution is -2.30. The number of hydrogen-bond acceptors (Lipinski definition) is 4. The fourth-order valence-corrected chi connectivity index (χ4v) is 1.97. The van der Waals surface area contributed by atoms with Crippen molar-refractivity contribution in [2.24, 2.45) is 0 Å². The Morgan fingerprint density at radius 3 is 2.42 bits per heavy atom. The average Bonchev–Trinajstić information content (AvgIpc) is 2.86. The molecule has 0 aliphatic carbocycles. The van der Waals surface area contributed by atoms with E-state index in [0.717, 1.165) is 6.07 Å². The molecule has 2 rings (SSSR count). The highest BCUT2D eigenvalue weighted by molar-refractivity contribution is 5.97. The van der Waals surface area contributed by atoms with E-state index in [9.17, 15) is 22.8 Å². The van der Waals surface area contributed by atoms with Gasteiger partial charge in [0.15, 0.2) is 23.6 Å². The van der Waals surface area contributed by atoms with Crippen LogP contribution in [0.5, 0.6) is 0 Å². The number of ether oxygens (including phenoxy) is 1. The molecule has 1 heterocycles. The molecule has 0 radical (unpaired) electrons. The fraction of sp³-hybridized carbons (Fsp3) is 0.250. The predicted molar refractivity (Wildman–Crippen MR) is 78.0 cm³/mol. The second-order valence-electron chi connectivity index (χ2n) is 5.09. The smallest absolute Gasteiger partial charge is 0.342 e. The van der Waals surface area contributed by atoms with E-state index in [0.29, 0.717) is 17.6 Å². The van der Waals surface area contributed by atoms with Gasteiger partial charge in [0.2, 0.25) is 0 Å². The van der Waals surface area contributed by atoms with E-state index in [1.165, 1.54) is 13.0 Å². The maximum atomic E-state index is 13.5. The third kappa shape index (κ3) is 3.58. The topological polar surface area (TPSA) is 68.5 Å². The first-order valence-electron chi connectivity index (χ1n) is 6.93. The summed E-state index contributed by atoms with van der Waals surface area (Å²) in [6.45, 7) is 4.46. The van der Waals surface area contributed by atoms with Gasteiger partial charge in [0.1, 0.15) is 17.1 Å². The van der Waals surface area contributed by atoms with E-state index < -0.39 is 41.1 Å². The molecule has 8 heteroatoms. The van der Waals surface area contributed by atoms with Gasteiger partial charge in [0, 0.05) is 0 Å². The minimum absolute atomic E-state index is 0.158. The van der Waals surface area contributed by atoms with Crippen LogP contribution in [0.2, 0.25) is 0 Å². The Labute approximate surface area is 135 Å². The van der Waals surface area contributed by atoms with Crippen LogP contribution in [0.3, 0.4) is 0 Å². The summed E-state index contributed by atoms with van der Waals surface area (Å²) in [6, 6.07) is 2.99. The zero-order chi connectivity index (χ0) is 18.0. The summed E-state index contributed by atoms with van der Waals surface area (Å²) in [6.07, 6.45) is -1.29. The fourth-order valence-electron chi connectivity index (χ4n) is 1.97. The second kappa shape index (κ2) is 6.77. The van der Waals surface area contributed by atoms with Gasteiger partial charge >= 0.3 is 5.97 Å². The Bertz CT molecular complexity index is 801. The monoisotopic (exact) mass is 341 g/mol. The summed E-state index contributed by atoms with van der Waals surface area (Å²) >= 11 is 0. The molecule has 1 unspecified atom stereocenters. The Kier molecular flexibility index (Phi) is 4.96. The highest BCUT2D eigenvalue weighted by atomic mass is 19.2. The Hall–Kier alpha value is -2.77. The van der Waals surface area contributed by atoms with Crippen molar-refractivity contribution in [3.63, 3.8) is 0 Å². The second-order valence-corrected chi connectivity index (χ2v) is 5.09. The SMILES string of the molecule is Cc1cc(C(=O)OC(C)C(=O)Nc2ccc(F)c(F)c2F)c(C)o1. The Morgan fingerprint density at radius 1 is 1.17 bits per heavy atom. The van der Waals surface area contributed by atoms with Gasteiger partial charge in [0.05, 0.1) is 5.69 Å². The highest BCUT2D eigenvalue weighted by Gasteiger charge is 2.23. The summed E-state index contributed by atoms with van der Waals surface area (Å²) in [5.41, 5.74) is -0.400. The van der Waals surface area contributed by atoms with E-state index in [4.69, 9.17) is 9.15 Å². The molecule has 1 amide bonds. The molecule has 1 aromatic carbocycles. The maximum Gasteiger partial charge on any atom is 0.342 e. The molecule has 0 bridgehead atoms. The van der Waals surface area contributed by atoms with Crippen LogP contribution in [0.25, 0.3) is 0 Å². The van der Waals surface area contributed by atoms with Gasteiger partial charge in [-0.2, -0.15) is 0 Å². The number of aryl methyl sites for hydroxylation is 2. The summed E-state index contributed by atoms with van der Waals surface area (Å²) in [7, 11) is 0. The molecule has 5 nitrogen and oxygen atoms in total. The molecule has 1 atom stereocenters. The normalized spacial score (nSPS) is 11.9. The highest BCUT2D eigenvalue weighted by Crippen LogP contribution is 2.20. The van der Waals surface area contributed by atoms with E-state index in [1.54, 1.807) is 13.8 Å². The molecule has 0 fully saturated rings. The number of carbonyl (C=O) groups excluding carboxylic acids is 2. The van der Waals surface area contributed by atoms with Crippen LogP contribution in [-0.2, 0) is 9.53 Å². The van der Waals surface area contributed by atoms with Crippen LogP contribution < -0.4 is 5.32 Å². The van der Waals surface area contributed by atoms with E-state index in [-0.39, 0.29) is 5.56 Å². The lowest BCUT2D eigenvalue weighted by molar-refractivity contribution is -0.123. The van der Waals surface area contributed by atoms with Crippen molar-refractivity contribution in [3.05, 3.63) is 52.7 Å². The minimum Gasteiger partial charge on any atom is -0.466 e. The molecular formula is C16H14F3NO4. The van der Waals surface area contributed by atoms with Crippen molar-refractivity contribution in [2.75, 3.05) is 5.32 Å². The number of esters is 1. The molecule has 2 aromatic rings. The molecule has 1 N–H and O–H groups in total. The molecule has 24 heavy (non-hydrogen) atoms. The zero-order valence-corrected chi connectivity index (χ0v) is 13.1. The number of benzene rings is 1. The first-order valence-corrected chi connectivity index (χ1v) is 6.93. The van der Waals surface area contributed by atoms with Crippen molar-refractivity contribution >= 4 is 17.6 Å². The van der Waals surface area contributed by atoms with Gasteiger partial charge < -0.3 is 14.5 Å². The number of rotatable bonds is 4. The van der Waals surface area contributed by atoms with Gasteiger partial charge in [-0.25, -0.2) is 18.0 Å². The van der Waals surface area contributed by atoms with Crippen LogP contribution in [0.4, 0.5) is 18.9 Å². The molecule has 0 spiro atoms. The molecule has 0 saturated heterocycles. The average molecular weight is 341 g/mol. The van der Waals surface area contributed by atoms with Gasteiger partial charge in [-0.3, -0.25) is 4.79 Å². The lowest BCUT2D eigenvalue weighted by atomic mass is 10.2. The summed E-state index contributed by atoms with van der Waals surface area (Å²) in [4.78, 5) is 23.9. The van der Waals surface area contributed by atoms with E-state index in [1.807, 2.05) is 5.32 Å². The standard InChI is InChI=1S/C16H14F3NO4/c1-7-6-10(8(2)23-7)16(22)24-9(3)15(21)20-12-5-4-11(17)13(18)14(12)19/h4-6,9H,1-3H3,(H,20,21). The molecule has 0 aliphatic rings. The number of amides is 1.